The molecule has 1 fully saturated rings. The third-order valence-electron chi connectivity index (χ3n) is 3.91. The molecule has 5 heteroatoms. The van der Waals surface area contributed by atoms with E-state index in [1.165, 1.54) is 0 Å². The van der Waals surface area contributed by atoms with Crippen LogP contribution < -0.4 is 15.8 Å². The van der Waals surface area contributed by atoms with Crippen molar-refractivity contribution in [1.82, 2.24) is 10.2 Å². The van der Waals surface area contributed by atoms with Gasteiger partial charge in [0.1, 0.15) is 5.75 Å². The van der Waals surface area contributed by atoms with Crippen LogP contribution in [0.15, 0.2) is 24.3 Å². The average Bonchev–Trinajstić information content (AvgIpc) is 2.50. The number of carbonyl (C=O) groups excluding carboxylic acids is 1. The van der Waals surface area contributed by atoms with Crippen molar-refractivity contribution in [2.24, 2.45) is 0 Å². The third-order valence-corrected chi connectivity index (χ3v) is 3.91. The van der Waals surface area contributed by atoms with Gasteiger partial charge < -0.3 is 20.7 Å². The fourth-order valence-electron chi connectivity index (χ4n) is 2.56. The lowest BCUT2D eigenvalue weighted by atomic mass is 10.1. The highest BCUT2D eigenvalue weighted by molar-refractivity contribution is 5.76. The van der Waals surface area contributed by atoms with E-state index < -0.39 is 0 Å². The SMILES string of the molecule is CCN1CCC(NC(=O)CCOc2ccccc2N)CC1. The number of amides is 1. The van der Waals surface area contributed by atoms with Crippen LogP contribution in [-0.2, 0) is 4.79 Å². The van der Waals surface area contributed by atoms with Gasteiger partial charge in [-0.15, -0.1) is 0 Å². The van der Waals surface area contributed by atoms with Crippen LogP contribution in [0, 0.1) is 0 Å². The summed E-state index contributed by atoms with van der Waals surface area (Å²) in [7, 11) is 0. The Hall–Kier alpha value is -1.75. The summed E-state index contributed by atoms with van der Waals surface area (Å²) in [6.07, 6.45) is 2.43. The van der Waals surface area contributed by atoms with Gasteiger partial charge in [0.2, 0.25) is 5.91 Å². The highest BCUT2D eigenvalue weighted by atomic mass is 16.5. The van der Waals surface area contributed by atoms with E-state index in [9.17, 15) is 4.79 Å². The Morgan fingerprint density at radius 1 is 1.38 bits per heavy atom. The molecule has 0 radical (unpaired) electrons. The first-order chi connectivity index (χ1) is 10.2. The van der Waals surface area contributed by atoms with Crippen LogP contribution in [0.25, 0.3) is 0 Å². The maximum absolute atomic E-state index is 11.9. The molecule has 3 N–H and O–H groups in total. The molecule has 0 saturated carbocycles. The molecule has 1 heterocycles. The van der Waals surface area contributed by atoms with Crippen LogP contribution in [0.5, 0.6) is 5.75 Å². The van der Waals surface area contributed by atoms with Gasteiger partial charge in [0.15, 0.2) is 0 Å². The van der Waals surface area contributed by atoms with Crippen molar-refractivity contribution >= 4 is 11.6 Å². The van der Waals surface area contributed by atoms with Gasteiger partial charge in [0.05, 0.1) is 18.7 Å². The van der Waals surface area contributed by atoms with E-state index in [0.717, 1.165) is 32.5 Å². The smallest absolute Gasteiger partial charge is 0.223 e. The number of likely N-dealkylation sites (tertiary alicyclic amines) is 1. The lowest BCUT2D eigenvalue weighted by molar-refractivity contribution is -0.122. The molecule has 1 saturated heterocycles. The first-order valence-corrected chi connectivity index (χ1v) is 7.68. The summed E-state index contributed by atoms with van der Waals surface area (Å²) < 4.78 is 5.54. The zero-order valence-electron chi connectivity index (χ0n) is 12.7. The number of nitrogens with two attached hydrogens (primary N) is 1. The zero-order chi connectivity index (χ0) is 15.1. The number of benzene rings is 1. The number of hydrogen-bond acceptors (Lipinski definition) is 4. The second kappa shape index (κ2) is 7.88. The molecule has 1 aliphatic heterocycles. The Kier molecular flexibility index (Phi) is 5.87. The lowest BCUT2D eigenvalue weighted by Crippen LogP contribution is -2.44. The Bertz CT molecular complexity index is 457. The Balaban J connectivity index is 1.65. The van der Waals surface area contributed by atoms with Crippen LogP contribution in [0.1, 0.15) is 26.2 Å². The van der Waals surface area contributed by atoms with Gasteiger partial charge in [0, 0.05) is 19.1 Å². The maximum Gasteiger partial charge on any atom is 0.223 e. The third kappa shape index (κ3) is 4.93. The molecule has 5 nitrogen and oxygen atoms in total. The monoisotopic (exact) mass is 291 g/mol. The molecule has 0 bridgehead atoms. The Labute approximate surface area is 126 Å². The van der Waals surface area contributed by atoms with E-state index >= 15 is 0 Å². The molecule has 0 spiro atoms. The van der Waals surface area contributed by atoms with Gasteiger partial charge in [-0.2, -0.15) is 0 Å². The van der Waals surface area contributed by atoms with E-state index in [-0.39, 0.29) is 5.91 Å². The first-order valence-electron chi connectivity index (χ1n) is 7.68. The number of nitrogens with one attached hydrogen (secondary N) is 1. The van der Waals surface area contributed by atoms with Crippen LogP contribution >= 0.6 is 0 Å². The molecule has 0 atom stereocenters. The minimum absolute atomic E-state index is 0.0550. The quantitative estimate of drug-likeness (QED) is 0.782. The summed E-state index contributed by atoms with van der Waals surface area (Å²) in [6, 6.07) is 7.64. The number of ether oxygens (including phenoxy) is 1. The summed E-state index contributed by atoms with van der Waals surface area (Å²) in [5.41, 5.74) is 6.38. The lowest BCUT2D eigenvalue weighted by Gasteiger charge is -2.31. The highest BCUT2D eigenvalue weighted by Gasteiger charge is 2.19. The van der Waals surface area contributed by atoms with Gasteiger partial charge >= 0.3 is 0 Å². The molecular weight excluding hydrogens is 266 g/mol. The largest absolute Gasteiger partial charge is 0.491 e. The summed E-state index contributed by atoms with van der Waals surface area (Å²) >= 11 is 0. The molecule has 21 heavy (non-hydrogen) atoms. The van der Waals surface area contributed by atoms with Gasteiger partial charge in [-0.05, 0) is 31.5 Å². The highest BCUT2D eigenvalue weighted by Crippen LogP contribution is 2.19. The number of nitrogens with zero attached hydrogens (tertiary/aromatic N) is 1. The summed E-state index contributed by atoms with van der Waals surface area (Å²) in [5, 5.41) is 3.09. The van der Waals surface area contributed by atoms with E-state index in [4.69, 9.17) is 10.5 Å². The fraction of sp³-hybridized carbons (Fsp3) is 0.562. The van der Waals surface area contributed by atoms with Crippen molar-refractivity contribution in [3.8, 4) is 5.75 Å². The van der Waals surface area contributed by atoms with E-state index in [1.807, 2.05) is 18.2 Å². The van der Waals surface area contributed by atoms with Crippen molar-refractivity contribution in [2.75, 3.05) is 32.0 Å². The van der Waals surface area contributed by atoms with E-state index in [2.05, 4.69) is 17.1 Å². The van der Waals surface area contributed by atoms with Crippen molar-refractivity contribution < 1.29 is 9.53 Å². The number of rotatable bonds is 6. The number of carbonyl (C=O) groups is 1. The standard InChI is InChI=1S/C16H25N3O2/c1-2-19-10-7-13(8-11-19)18-16(20)9-12-21-15-6-4-3-5-14(15)17/h3-6,13H,2,7-12,17H2,1H3,(H,18,20). The number of hydrogen-bond donors (Lipinski definition) is 2. The minimum atomic E-state index is 0.0550. The molecule has 116 valence electrons. The van der Waals surface area contributed by atoms with Gasteiger partial charge in [-0.25, -0.2) is 0 Å². The predicted octanol–water partition coefficient (Wildman–Crippen LogP) is 1.64. The summed E-state index contributed by atoms with van der Waals surface area (Å²) in [4.78, 5) is 14.3. The second-order valence-corrected chi connectivity index (χ2v) is 5.41. The van der Waals surface area contributed by atoms with Crippen molar-refractivity contribution in [2.45, 2.75) is 32.2 Å². The summed E-state index contributed by atoms with van der Waals surface area (Å²) in [5.74, 6) is 0.695. The fourth-order valence-corrected chi connectivity index (χ4v) is 2.56. The van der Waals surface area contributed by atoms with Crippen LogP contribution in [0.4, 0.5) is 5.69 Å². The van der Waals surface area contributed by atoms with Crippen molar-refractivity contribution in [1.29, 1.82) is 0 Å². The maximum atomic E-state index is 11.9. The zero-order valence-corrected chi connectivity index (χ0v) is 12.7. The van der Waals surface area contributed by atoms with Crippen molar-refractivity contribution in [3.05, 3.63) is 24.3 Å². The Morgan fingerprint density at radius 2 is 2.10 bits per heavy atom. The molecule has 0 aromatic heterocycles. The number of nitrogen functional groups attached to an aromatic ring is 1. The first kappa shape index (κ1) is 15.6. The van der Waals surface area contributed by atoms with Gasteiger partial charge in [-0.1, -0.05) is 19.1 Å². The molecule has 1 aromatic rings. The Morgan fingerprint density at radius 3 is 2.76 bits per heavy atom. The minimum Gasteiger partial charge on any atom is -0.491 e. The number of piperidine rings is 1. The average molecular weight is 291 g/mol. The molecule has 1 aromatic carbocycles. The van der Waals surface area contributed by atoms with Crippen molar-refractivity contribution in [3.63, 3.8) is 0 Å². The van der Waals surface area contributed by atoms with Gasteiger partial charge in [-0.3, -0.25) is 4.79 Å². The van der Waals surface area contributed by atoms with E-state index in [0.29, 0.717) is 30.5 Å². The predicted molar refractivity (Wildman–Crippen MR) is 84.2 cm³/mol. The molecular formula is C16H25N3O2. The molecule has 0 unspecified atom stereocenters. The molecule has 1 amide bonds. The normalized spacial score (nSPS) is 16.6. The summed E-state index contributed by atoms with van der Waals surface area (Å²) in [6.45, 7) is 5.75. The van der Waals surface area contributed by atoms with E-state index in [1.54, 1.807) is 6.07 Å². The second-order valence-electron chi connectivity index (χ2n) is 5.41. The van der Waals surface area contributed by atoms with Crippen LogP contribution in [0.3, 0.4) is 0 Å². The number of para-hydroxylation sites is 2. The van der Waals surface area contributed by atoms with Crippen LogP contribution in [-0.4, -0.2) is 43.1 Å². The van der Waals surface area contributed by atoms with Gasteiger partial charge in [0.25, 0.3) is 0 Å². The molecule has 0 aliphatic carbocycles. The van der Waals surface area contributed by atoms with Crippen LogP contribution in [0.2, 0.25) is 0 Å². The topological polar surface area (TPSA) is 67.6 Å². The molecule has 1 aliphatic rings. The number of anilines is 1. The molecule has 2 rings (SSSR count).